The van der Waals surface area contributed by atoms with Crippen molar-refractivity contribution in [1.82, 2.24) is 4.98 Å². The third-order valence-corrected chi connectivity index (χ3v) is 3.20. The predicted molar refractivity (Wildman–Crippen MR) is 82.9 cm³/mol. The number of rotatable bonds is 4. The van der Waals surface area contributed by atoms with Gasteiger partial charge in [0.2, 0.25) is 0 Å². The van der Waals surface area contributed by atoms with Gasteiger partial charge in [-0.15, -0.1) is 0 Å². The normalized spacial score (nSPS) is 10.1. The van der Waals surface area contributed by atoms with E-state index in [2.05, 4.69) is 9.72 Å². The van der Waals surface area contributed by atoms with E-state index in [1.54, 1.807) is 12.1 Å². The second-order valence-electron chi connectivity index (χ2n) is 4.72. The van der Waals surface area contributed by atoms with E-state index in [0.717, 1.165) is 5.56 Å². The second-order valence-corrected chi connectivity index (χ2v) is 4.72. The number of primary amides is 1. The van der Waals surface area contributed by atoms with Crippen molar-refractivity contribution < 1.29 is 14.3 Å². The van der Waals surface area contributed by atoms with E-state index in [1.807, 2.05) is 31.2 Å². The summed E-state index contributed by atoms with van der Waals surface area (Å²) < 4.78 is 4.59. The van der Waals surface area contributed by atoms with Crippen molar-refractivity contribution in [3.63, 3.8) is 0 Å². The van der Waals surface area contributed by atoms with Gasteiger partial charge in [-0.2, -0.15) is 0 Å². The maximum absolute atomic E-state index is 11.8. The number of methoxy groups -OCH3 is 1. The number of aryl methyl sites for hydroxylation is 1. The molecule has 2 aromatic rings. The first-order valence-corrected chi connectivity index (χ1v) is 6.70. The maximum atomic E-state index is 11.8. The third kappa shape index (κ3) is 3.41. The number of nitrogens with zero attached hydrogens (tertiary/aromatic N) is 2. The monoisotopic (exact) mass is 299 g/mol. The molecular weight excluding hydrogens is 282 g/mol. The number of hydrogen-bond acceptors (Lipinski definition) is 4. The molecular formula is C16H17N3O3. The summed E-state index contributed by atoms with van der Waals surface area (Å²) in [5.41, 5.74) is 8.20. The number of carbonyl (C=O) groups is 2. The van der Waals surface area contributed by atoms with E-state index in [1.165, 1.54) is 18.2 Å². The third-order valence-electron chi connectivity index (χ3n) is 3.20. The fraction of sp³-hybridized carbons (Fsp3) is 0.188. The zero-order valence-corrected chi connectivity index (χ0v) is 12.4. The summed E-state index contributed by atoms with van der Waals surface area (Å²) in [6, 6.07) is 10.2. The van der Waals surface area contributed by atoms with Gasteiger partial charge < -0.3 is 10.5 Å². The number of para-hydroxylation sites is 1. The number of aromatic nitrogens is 1. The van der Waals surface area contributed by atoms with E-state index in [-0.39, 0.29) is 12.4 Å². The molecule has 0 saturated heterocycles. The number of hydrogen-bond donors (Lipinski definition) is 1. The zero-order valence-electron chi connectivity index (χ0n) is 12.4. The molecule has 0 bridgehead atoms. The molecule has 2 N–H and O–H groups in total. The fourth-order valence-electron chi connectivity index (χ4n) is 2.07. The fourth-order valence-corrected chi connectivity index (χ4v) is 2.07. The molecule has 0 aliphatic heterocycles. The van der Waals surface area contributed by atoms with Crippen LogP contribution in [0.1, 0.15) is 11.3 Å². The first kappa shape index (κ1) is 15.5. The lowest BCUT2D eigenvalue weighted by Crippen LogP contribution is -2.32. The lowest BCUT2D eigenvalue weighted by atomic mass is 10.1. The van der Waals surface area contributed by atoms with E-state index >= 15 is 0 Å². The highest BCUT2D eigenvalue weighted by Crippen LogP contribution is 2.27. The van der Waals surface area contributed by atoms with Crippen molar-refractivity contribution in [1.29, 1.82) is 0 Å². The molecule has 6 nitrogen and oxygen atoms in total. The Morgan fingerprint density at radius 3 is 2.50 bits per heavy atom. The number of ether oxygens (including phenoxy) is 1. The second kappa shape index (κ2) is 6.71. The summed E-state index contributed by atoms with van der Waals surface area (Å²) in [5.74, 6) is -0.370. The van der Waals surface area contributed by atoms with Gasteiger partial charge in [0.05, 0.1) is 36.8 Å². The minimum atomic E-state index is -0.600. The predicted octanol–water partition coefficient (Wildman–Crippen LogP) is 2.32. The molecule has 0 unspecified atom stereocenters. The van der Waals surface area contributed by atoms with Crippen molar-refractivity contribution in [2.45, 2.75) is 13.3 Å². The Hall–Kier alpha value is -2.89. The van der Waals surface area contributed by atoms with Crippen LogP contribution in [-0.2, 0) is 16.0 Å². The van der Waals surface area contributed by atoms with Crippen LogP contribution in [0.2, 0.25) is 0 Å². The summed E-state index contributed by atoms with van der Waals surface area (Å²) in [6.45, 7) is 1.89. The Morgan fingerprint density at radius 2 is 1.95 bits per heavy atom. The van der Waals surface area contributed by atoms with Crippen LogP contribution in [0.25, 0.3) is 0 Å². The van der Waals surface area contributed by atoms with E-state index in [9.17, 15) is 9.59 Å². The van der Waals surface area contributed by atoms with E-state index in [4.69, 9.17) is 5.73 Å². The Balaban J connectivity index is 2.32. The Bertz CT molecular complexity index is 683. The van der Waals surface area contributed by atoms with Crippen molar-refractivity contribution >= 4 is 23.4 Å². The van der Waals surface area contributed by atoms with Crippen LogP contribution < -0.4 is 10.6 Å². The lowest BCUT2D eigenvalue weighted by molar-refractivity contribution is -0.139. The van der Waals surface area contributed by atoms with Crippen molar-refractivity contribution in [3.05, 3.63) is 53.9 Å². The van der Waals surface area contributed by atoms with Gasteiger partial charge >= 0.3 is 12.0 Å². The first-order chi connectivity index (χ1) is 10.5. The van der Waals surface area contributed by atoms with Gasteiger partial charge in [-0.25, -0.2) is 4.79 Å². The van der Waals surface area contributed by atoms with Crippen LogP contribution in [0.3, 0.4) is 0 Å². The standard InChI is InChI=1S/C16H17N3O3/c1-11-5-3-4-6-14(11)19(16(17)21)13-8-7-12(18-10-13)9-15(20)22-2/h3-8,10H,9H2,1-2H3,(H2,17,21). The Kier molecular flexibility index (Phi) is 4.73. The van der Waals surface area contributed by atoms with Gasteiger partial charge in [0, 0.05) is 0 Å². The number of amides is 2. The molecule has 6 heteroatoms. The van der Waals surface area contributed by atoms with Crippen LogP contribution in [0.15, 0.2) is 42.6 Å². The molecule has 1 heterocycles. The van der Waals surface area contributed by atoms with Gasteiger partial charge in [0.1, 0.15) is 0 Å². The van der Waals surface area contributed by atoms with Gasteiger partial charge in [0.25, 0.3) is 0 Å². The van der Waals surface area contributed by atoms with Crippen molar-refractivity contribution in [3.8, 4) is 0 Å². The van der Waals surface area contributed by atoms with Gasteiger partial charge in [0.15, 0.2) is 0 Å². The topological polar surface area (TPSA) is 85.5 Å². The van der Waals surface area contributed by atoms with Crippen LogP contribution in [0.4, 0.5) is 16.2 Å². The summed E-state index contributed by atoms with van der Waals surface area (Å²) in [5, 5.41) is 0. The highest BCUT2D eigenvalue weighted by Gasteiger charge is 2.17. The molecule has 2 rings (SSSR count). The maximum Gasteiger partial charge on any atom is 0.323 e. The summed E-state index contributed by atoms with van der Waals surface area (Å²) >= 11 is 0. The molecule has 0 aliphatic rings. The number of carbonyl (C=O) groups excluding carboxylic acids is 2. The Labute approximate surface area is 128 Å². The van der Waals surface area contributed by atoms with Crippen LogP contribution in [0.5, 0.6) is 0 Å². The Morgan fingerprint density at radius 1 is 1.23 bits per heavy atom. The largest absolute Gasteiger partial charge is 0.469 e. The number of nitrogens with two attached hydrogens (primary N) is 1. The van der Waals surface area contributed by atoms with E-state index < -0.39 is 6.03 Å². The van der Waals surface area contributed by atoms with Gasteiger partial charge in [-0.3, -0.25) is 14.7 Å². The minimum absolute atomic E-state index is 0.0811. The molecule has 0 spiro atoms. The number of urea groups is 1. The first-order valence-electron chi connectivity index (χ1n) is 6.70. The number of benzene rings is 1. The highest BCUT2D eigenvalue weighted by atomic mass is 16.5. The van der Waals surface area contributed by atoms with Crippen LogP contribution in [0, 0.1) is 6.92 Å². The molecule has 22 heavy (non-hydrogen) atoms. The SMILES string of the molecule is COC(=O)Cc1ccc(N(C(N)=O)c2ccccc2C)cn1. The molecule has 114 valence electrons. The summed E-state index contributed by atoms with van der Waals surface area (Å²) in [7, 11) is 1.32. The van der Waals surface area contributed by atoms with Gasteiger partial charge in [-0.1, -0.05) is 18.2 Å². The number of anilines is 2. The minimum Gasteiger partial charge on any atom is -0.469 e. The smallest absolute Gasteiger partial charge is 0.323 e. The summed E-state index contributed by atoms with van der Waals surface area (Å²) in [6.07, 6.45) is 1.59. The number of esters is 1. The lowest BCUT2D eigenvalue weighted by Gasteiger charge is -2.22. The molecule has 0 saturated carbocycles. The number of pyridine rings is 1. The highest BCUT2D eigenvalue weighted by molar-refractivity contribution is 5.98. The molecule has 0 fully saturated rings. The van der Waals surface area contributed by atoms with E-state index in [0.29, 0.717) is 17.1 Å². The van der Waals surface area contributed by atoms with Crippen molar-refractivity contribution in [2.75, 3.05) is 12.0 Å². The quantitative estimate of drug-likeness (QED) is 0.878. The van der Waals surface area contributed by atoms with Crippen molar-refractivity contribution in [2.24, 2.45) is 5.73 Å². The average Bonchev–Trinajstić information content (AvgIpc) is 2.50. The van der Waals surface area contributed by atoms with Crippen LogP contribution >= 0.6 is 0 Å². The average molecular weight is 299 g/mol. The van der Waals surface area contributed by atoms with Gasteiger partial charge in [-0.05, 0) is 30.7 Å². The summed E-state index contributed by atoms with van der Waals surface area (Å²) in [4.78, 5) is 28.6. The molecule has 1 aromatic carbocycles. The molecule has 0 atom stereocenters. The zero-order chi connectivity index (χ0) is 16.1. The molecule has 0 aliphatic carbocycles. The van der Waals surface area contributed by atoms with Crippen LogP contribution in [-0.4, -0.2) is 24.1 Å². The molecule has 0 radical (unpaired) electrons. The molecule has 1 aromatic heterocycles. The molecule has 2 amide bonds.